The topological polar surface area (TPSA) is 19.0 Å². The number of ether oxygens (including phenoxy) is 1. The van der Waals surface area contributed by atoms with E-state index in [2.05, 4.69) is 102 Å². The summed E-state index contributed by atoms with van der Waals surface area (Å²) in [5.74, 6) is 1.82. The molecule has 41 heavy (non-hydrogen) atoms. The molecular weight excluding hydrogens is 573 g/mol. The van der Waals surface area contributed by atoms with Crippen molar-refractivity contribution in [3.63, 3.8) is 0 Å². The molecule has 1 saturated heterocycles. The normalized spacial score (nSPS) is 16.1. The van der Waals surface area contributed by atoms with Crippen molar-refractivity contribution >= 4 is 37.2 Å². The molecule has 0 N–H and O–H groups in total. The third kappa shape index (κ3) is 11.1. The van der Waals surface area contributed by atoms with Crippen LogP contribution in [0.1, 0.15) is 53.5 Å². The van der Waals surface area contributed by atoms with Crippen LogP contribution < -0.4 is 4.74 Å². The lowest BCUT2D eigenvalue weighted by atomic mass is 9.93. The van der Waals surface area contributed by atoms with Gasteiger partial charge in [0.2, 0.25) is 0 Å². The van der Waals surface area contributed by atoms with Gasteiger partial charge in [0.05, 0.1) is 6.61 Å². The van der Waals surface area contributed by atoms with Crippen LogP contribution in [0.4, 0.5) is 0 Å². The van der Waals surface area contributed by atoms with Crippen LogP contribution in [0.5, 0.6) is 5.75 Å². The summed E-state index contributed by atoms with van der Waals surface area (Å²) in [4.78, 5) is 7.42. The van der Waals surface area contributed by atoms with Gasteiger partial charge in [-0.1, -0.05) is 60.7 Å². The Labute approximate surface area is 266 Å². The summed E-state index contributed by atoms with van der Waals surface area (Å²) in [5.41, 5.74) is 7.15. The Morgan fingerprint density at radius 2 is 1.39 bits per heavy atom. The van der Waals surface area contributed by atoms with E-state index in [1.54, 1.807) is 0 Å². The van der Waals surface area contributed by atoms with E-state index in [0.29, 0.717) is 0 Å². The van der Waals surface area contributed by atoms with Crippen molar-refractivity contribution in [3.8, 4) is 5.75 Å². The molecule has 3 aromatic rings. The molecule has 2 aliphatic rings. The van der Waals surface area contributed by atoms with Gasteiger partial charge in [0, 0.05) is 26.2 Å². The zero-order valence-electron chi connectivity index (χ0n) is 24.7. The molecule has 2 aliphatic heterocycles. The highest BCUT2D eigenvalue weighted by atomic mass is 35.5. The van der Waals surface area contributed by atoms with E-state index in [1.807, 2.05) is 0 Å². The van der Waals surface area contributed by atoms with Crippen molar-refractivity contribution in [2.75, 3.05) is 40.3 Å². The third-order valence-corrected chi connectivity index (χ3v) is 8.17. The first-order chi connectivity index (χ1) is 18.6. The van der Waals surface area contributed by atoms with E-state index >= 15 is 0 Å². The Morgan fingerprint density at radius 1 is 0.732 bits per heavy atom. The van der Waals surface area contributed by atoms with Crippen molar-refractivity contribution in [2.45, 2.75) is 58.3 Å². The Balaban J connectivity index is 0.00000196. The van der Waals surface area contributed by atoms with Crippen molar-refractivity contribution < 1.29 is 4.74 Å². The molecule has 0 aliphatic carbocycles. The second-order valence-electron chi connectivity index (χ2n) is 11.6. The number of hydrogen-bond donors (Lipinski definition) is 0. The molecule has 3 aromatic carbocycles. The average Bonchev–Trinajstić information content (AvgIpc) is 3.12. The van der Waals surface area contributed by atoms with Gasteiger partial charge in [-0.25, -0.2) is 0 Å². The highest BCUT2D eigenvalue weighted by molar-refractivity contribution is 5.86. The maximum Gasteiger partial charge on any atom is 0.119 e. The molecule has 2 heterocycles. The molecule has 0 amide bonds. The summed E-state index contributed by atoms with van der Waals surface area (Å²) in [6.07, 6.45) is 6.10. The molecule has 1 fully saturated rings. The summed E-state index contributed by atoms with van der Waals surface area (Å²) in [5, 5.41) is 0. The molecule has 4 nitrogen and oxygen atoms in total. The number of likely N-dealkylation sites (tertiary alicyclic amines) is 1. The van der Waals surface area contributed by atoms with E-state index in [9.17, 15) is 0 Å². The van der Waals surface area contributed by atoms with Crippen LogP contribution in [0.15, 0.2) is 72.8 Å². The second-order valence-corrected chi connectivity index (χ2v) is 11.6. The third-order valence-electron chi connectivity index (χ3n) is 8.17. The average molecular weight is 621 g/mol. The van der Waals surface area contributed by atoms with Crippen LogP contribution >= 0.6 is 37.2 Å². The number of nitrogens with zero attached hydrogens (tertiary/aromatic N) is 3. The molecule has 0 aromatic heterocycles. The summed E-state index contributed by atoms with van der Waals surface area (Å²) in [7, 11) is 4.25. The van der Waals surface area contributed by atoms with Crippen LogP contribution in [-0.2, 0) is 32.6 Å². The lowest BCUT2D eigenvalue weighted by Gasteiger charge is -2.32. The van der Waals surface area contributed by atoms with Gasteiger partial charge < -0.3 is 9.64 Å². The van der Waals surface area contributed by atoms with Crippen molar-refractivity contribution in [1.82, 2.24) is 14.7 Å². The Hall–Kier alpha value is -1.79. The highest BCUT2D eigenvalue weighted by Gasteiger charge is 2.20. The smallest absolute Gasteiger partial charge is 0.119 e. The molecule has 0 atom stereocenters. The first-order valence-corrected chi connectivity index (χ1v) is 14.6. The largest absolute Gasteiger partial charge is 0.494 e. The van der Waals surface area contributed by atoms with Gasteiger partial charge in [-0.3, -0.25) is 9.80 Å². The minimum absolute atomic E-state index is 0. The predicted octanol–water partition coefficient (Wildman–Crippen LogP) is 7.64. The van der Waals surface area contributed by atoms with Gasteiger partial charge in [0.1, 0.15) is 5.75 Å². The maximum absolute atomic E-state index is 6.29. The zero-order chi connectivity index (χ0) is 26.2. The molecule has 7 heteroatoms. The molecule has 5 rings (SSSR count). The van der Waals surface area contributed by atoms with E-state index in [1.165, 1.54) is 66.6 Å². The van der Waals surface area contributed by atoms with Crippen LogP contribution in [0.2, 0.25) is 0 Å². The first-order valence-electron chi connectivity index (χ1n) is 14.6. The van der Waals surface area contributed by atoms with Crippen LogP contribution in [0.3, 0.4) is 0 Å². The quantitative estimate of drug-likeness (QED) is 0.232. The van der Waals surface area contributed by atoms with E-state index in [4.69, 9.17) is 4.74 Å². The molecule has 0 spiro atoms. The molecule has 0 bridgehead atoms. The van der Waals surface area contributed by atoms with Crippen molar-refractivity contribution in [3.05, 3.63) is 101 Å². The fourth-order valence-corrected chi connectivity index (χ4v) is 6.02. The fourth-order valence-electron chi connectivity index (χ4n) is 6.02. The van der Waals surface area contributed by atoms with Crippen LogP contribution in [-0.4, -0.2) is 55.0 Å². The molecule has 0 unspecified atom stereocenters. The summed E-state index contributed by atoms with van der Waals surface area (Å²) < 4.78 is 6.29. The van der Waals surface area contributed by atoms with Gasteiger partial charge >= 0.3 is 0 Å². The number of piperidine rings is 1. The van der Waals surface area contributed by atoms with E-state index in [-0.39, 0.29) is 37.2 Å². The first kappa shape index (κ1) is 35.4. The van der Waals surface area contributed by atoms with Gasteiger partial charge in [0.15, 0.2) is 0 Å². The number of aryl methyl sites for hydroxylation is 1. The molecular formula is C34H48Cl3N3O. The number of rotatable bonds is 10. The minimum atomic E-state index is 0. The van der Waals surface area contributed by atoms with Gasteiger partial charge in [0.25, 0.3) is 0 Å². The van der Waals surface area contributed by atoms with Crippen molar-refractivity contribution in [1.29, 1.82) is 0 Å². The van der Waals surface area contributed by atoms with E-state index < -0.39 is 0 Å². The SMILES string of the molecule is CN(C)Cc1ccc(CN2CCC(CCOc3ccc4c(c3)CN(Cc3ccccc3)CCC4)CC2)cc1.Cl.Cl.Cl. The van der Waals surface area contributed by atoms with Gasteiger partial charge in [-0.2, -0.15) is 0 Å². The lowest BCUT2D eigenvalue weighted by Crippen LogP contribution is -2.33. The summed E-state index contributed by atoms with van der Waals surface area (Å²) in [6, 6.07) is 26.8. The molecule has 0 radical (unpaired) electrons. The maximum atomic E-state index is 6.29. The number of benzene rings is 3. The van der Waals surface area contributed by atoms with Crippen LogP contribution in [0.25, 0.3) is 0 Å². The number of hydrogen-bond acceptors (Lipinski definition) is 4. The Morgan fingerprint density at radius 3 is 2.10 bits per heavy atom. The Bertz CT molecular complexity index is 1140. The predicted molar refractivity (Wildman–Crippen MR) is 179 cm³/mol. The zero-order valence-corrected chi connectivity index (χ0v) is 27.1. The summed E-state index contributed by atoms with van der Waals surface area (Å²) >= 11 is 0. The second kappa shape index (κ2) is 18.0. The van der Waals surface area contributed by atoms with Crippen LogP contribution in [0, 0.1) is 5.92 Å². The number of halogens is 3. The summed E-state index contributed by atoms with van der Waals surface area (Å²) in [6.45, 7) is 8.48. The minimum Gasteiger partial charge on any atom is -0.494 e. The van der Waals surface area contributed by atoms with Crippen molar-refractivity contribution in [2.24, 2.45) is 5.92 Å². The lowest BCUT2D eigenvalue weighted by molar-refractivity contribution is 0.157. The Kier molecular flexibility index (Phi) is 15.5. The van der Waals surface area contributed by atoms with E-state index in [0.717, 1.165) is 57.4 Å². The fraction of sp³-hybridized carbons (Fsp3) is 0.471. The molecule has 226 valence electrons. The molecule has 0 saturated carbocycles. The standard InChI is InChI=1S/C34H45N3O.3ClH/c1-35(2)24-30-10-12-31(13-11-30)25-36-20-16-28(17-21-36)18-22-38-34-15-14-32-9-6-19-37(27-33(32)23-34)26-29-7-4-3-5-8-29;;;/h3-5,7-8,10-15,23,28H,6,9,16-22,24-27H2,1-2H3;3*1H. The monoisotopic (exact) mass is 619 g/mol. The van der Waals surface area contributed by atoms with Gasteiger partial charge in [-0.15, -0.1) is 37.2 Å². The highest BCUT2D eigenvalue weighted by Crippen LogP contribution is 2.26. The number of fused-ring (bicyclic) bond motifs is 1. The van der Waals surface area contributed by atoms with Gasteiger partial charge in [-0.05, 0) is 112 Å².